The van der Waals surface area contributed by atoms with Crippen LogP contribution in [0.3, 0.4) is 0 Å². The Hall–Kier alpha value is -2.17. The maximum absolute atomic E-state index is 4.11. The zero-order chi connectivity index (χ0) is 11.2. The summed E-state index contributed by atoms with van der Waals surface area (Å²) in [4.78, 5) is 4.11. The van der Waals surface area contributed by atoms with E-state index in [1.807, 2.05) is 25.2 Å². The molecule has 0 atom stereocenters. The minimum Gasteiger partial charge on any atom is -0.387 e. The third-order valence-corrected chi connectivity index (χ3v) is 2.13. The fourth-order valence-corrected chi connectivity index (χ4v) is 1.29. The summed E-state index contributed by atoms with van der Waals surface area (Å²) >= 11 is 0. The predicted molar refractivity (Wildman–Crippen MR) is 63.1 cm³/mol. The number of nitrogens with zero attached hydrogens (tertiary/aromatic N) is 3. The monoisotopic (exact) mass is 215 g/mol. The molecule has 2 N–H and O–H groups in total. The molecule has 0 saturated heterocycles. The Kier molecular flexibility index (Phi) is 3.28. The van der Waals surface area contributed by atoms with Gasteiger partial charge in [0.1, 0.15) is 0 Å². The third-order valence-electron chi connectivity index (χ3n) is 2.13. The van der Waals surface area contributed by atoms with Crippen LogP contribution in [0.5, 0.6) is 0 Å². The number of anilines is 2. The summed E-state index contributed by atoms with van der Waals surface area (Å²) in [5.74, 6) is 0. The van der Waals surface area contributed by atoms with Crippen molar-refractivity contribution in [2.75, 3.05) is 17.7 Å². The highest BCUT2D eigenvalue weighted by Crippen LogP contribution is 2.12. The van der Waals surface area contributed by atoms with Gasteiger partial charge in [0, 0.05) is 13.2 Å². The second kappa shape index (κ2) is 5.06. The van der Waals surface area contributed by atoms with E-state index in [9.17, 15) is 0 Å². The van der Waals surface area contributed by atoms with Gasteiger partial charge in [-0.1, -0.05) is 0 Å². The summed E-state index contributed by atoms with van der Waals surface area (Å²) in [6.07, 6.45) is 5.21. The maximum Gasteiger partial charge on any atom is 0.0821 e. The lowest BCUT2D eigenvalue weighted by Gasteiger charge is -2.06. The van der Waals surface area contributed by atoms with Crippen LogP contribution in [-0.2, 0) is 6.54 Å². The summed E-state index contributed by atoms with van der Waals surface area (Å²) in [5, 5.41) is 14.1. The molecule has 0 fully saturated rings. The maximum atomic E-state index is 4.11. The van der Waals surface area contributed by atoms with Crippen molar-refractivity contribution in [1.29, 1.82) is 0 Å². The summed E-state index contributed by atoms with van der Waals surface area (Å²) in [5.41, 5.74) is 2.83. The molecular formula is C11H13N5. The molecule has 82 valence electrons. The van der Waals surface area contributed by atoms with Crippen LogP contribution in [0.25, 0.3) is 0 Å². The van der Waals surface area contributed by atoms with Crippen molar-refractivity contribution in [3.8, 4) is 0 Å². The quantitative estimate of drug-likeness (QED) is 0.809. The average Bonchev–Trinajstić information content (AvgIpc) is 2.38. The number of nitrogens with one attached hydrogen (secondary N) is 2. The lowest BCUT2D eigenvalue weighted by molar-refractivity contribution is 0.924. The molecule has 0 bridgehead atoms. The smallest absolute Gasteiger partial charge is 0.0821 e. The van der Waals surface area contributed by atoms with Gasteiger partial charge in [0.05, 0.1) is 36.0 Å². The molecule has 0 radical (unpaired) electrons. The molecule has 2 aromatic rings. The van der Waals surface area contributed by atoms with E-state index in [0.717, 1.165) is 17.1 Å². The number of aromatic nitrogens is 3. The molecule has 0 saturated carbocycles. The molecule has 0 spiro atoms. The first-order chi connectivity index (χ1) is 7.88. The molecule has 0 aliphatic rings. The summed E-state index contributed by atoms with van der Waals surface area (Å²) in [7, 11) is 1.86. The van der Waals surface area contributed by atoms with Crippen LogP contribution < -0.4 is 10.6 Å². The lowest BCUT2D eigenvalue weighted by Crippen LogP contribution is -2.03. The number of rotatable bonds is 4. The molecule has 2 heterocycles. The Morgan fingerprint density at radius 1 is 1.25 bits per heavy atom. The number of pyridine rings is 1. The van der Waals surface area contributed by atoms with Gasteiger partial charge in [0.15, 0.2) is 0 Å². The molecule has 0 aliphatic carbocycles. The molecule has 2 aromatic heterocycles. The molecule has 5 nitrogen and oxygen atoms in total. The van der Waals surface area contributed by atoms with E-state index in [1.54, 1.807) is 18.6 Å². The highest BCUT2D eigenvalue weighted by molar-refractivity contribution is 5.53. The molecule has 0 aromatic carbocycles. The zero-order valence-electron chi connectivity index (χ0n) is 9.01. The topological polar surface area (TPSA) is 62.7 Å². The van der Waals surface area contributed by atoms with E-state index in [4.69, 9.17) is 0 Å². The van der Waals surface area contributed by atoms with Crippen LogP contribution in [0, 0.1) is 0 Å². The normalized spacial score (nSPS) is 9.81. The minimum atomic E-state index is 0.642. The van der Waals surface area contributed by atoms with Gasteiger partial charge in [-0.2, -0.15) is 10.2 Å². The fourth-order valence-electron chi connectivity index (χ4n) is 1.29. The van der Waals surface area contributed by atoms with Crippen molar-refractivity contribution >= 4 is 11.4 Å². The second-order valence-corrected chi connectivity index (χ2v) is 3.28. The molecule has 0 unspecified atom stereocenters. The third kappa shape index (κ3) is 2.66. The Morgan fingerprint density at radius 3 is 2.88 bits per heavy atom. The number of hydrogen-bond donors (Lipinski definition) is 2. The predicted octanol–water partition coefficient (Wildman–Crippen LogP) is 1.53. The standard InChI is InChI=1S/C11H13N5/c1-12-10-5-11(7-13-6-10)14-8-9-3-2-4-15-16-9/h2-7,12,14H,8H2,1H3. The lowest BCUT2D eigenvalue weighted by atomic mass is 10.3. The van der Waals surface area contributed by atoms with Crippen LogP contribution >= 0.6 is 0 Å². The largest absolute Gasteiger partial charge is 0.387 e. The van der Waals surface area contributed by atoms with Gasteiger partial charge >= 0.3 is 0 Å². The summed E-state index contributed by atoms with van der Waals surface area (Å²) < 4.78 is 0. The van der Waals surface area contributed by atoms with E-state index in [0.29, 0.717) is 6.54 Å². The van der Waals surface area contributed by atoms with E-state index < -0.39 is 0 Å². The van der Waals surface area contributed by atoms with Gasteiger partial charge in [-0.3, -0.25) is 4.98 Å². The van der Waals surface area contributed by atoms with Gasteiger partial charge in [-0.15, -0.1) is 0 Å². The van der Waals surface area contributed by atoms with Crippen LogP contribution in [0.15, 0.2) is 36.8 Å². The Morgan fingerprint density at radius 2 is 2.12 bits per heavy atom. The van der Waals surface area contributed by atoms with Crippen molar-refractivity contribution in [2.24, 2.45) is 0 Å². The van der Waals surface area contributed by atoms with E-state index in [2.05, 4.69) is 25.8 Å². The fraction of sp³-hybridized carbons (Fsp3) is 0.182. The zero-order valence-corrected chi connectivity index (χ0v) is 9.01. The second-order valence-electron chi connectivity index (χ2n) is 3.28. The van der Waals surface area contributed by atoms with Crippen molar-refractivity contribution < 1.29 is 0 Å². The Balaban J connectivity index is 1.99. The molecule has 0 amide bonds. The first-order valence-electron chi connectivity index (χ1n) is 5.02. The van der Waals surface area contributed by atoms with Crippen molar-refractivity contribution in [3.63, 3.8) is 0 Å². The van der Waals surface area contributed by atoms with E-state index in [1.165, 1.54) is 0 Å². The van der Waals surface area contributed by atoms with Crippen LogP contribution in [-0.4, -0.2) is 22.2 Å². The minimum absolute atomic E-state index is 0.642. The Labute approximate surface area is 93.9 Å². The molecular weight excluding hydrogens is 202 g/mol. The van der Waals surface area contributed by atoms with Gasteiger partial charge in [-0.25, -0.2) is 0 Å². The average molecular weight is 215 g/mol. The van der Waals surface area contributed by atoms with Crippen LogP contribution in [0.1, 0.15) is 5.69 Å². The van der Waals surface area contributed by atoms with Crippen molar-refractivity contribution in [3.05, 3.63) is 42.5 Å². The van der Waals surface area contributed by atoms with Crippen LogP contribution in [0.2, 0.25) is 0 Å². The molecule has 16 heavy (non-hydrogen) atoms. The summed E-state index contributed by atoms with van der Waals surface area (Å²) in [6.45, 7) is 0.642. The van der Waals surface area contributed by atoms with Gasteiger partial charge in [0.2, 0.25) is 0 Å². The SMILES string of the molecule is CNc1cncc(NCc2cccnn2)c1. The van der Waals surface area contributed by atoms with E-state index >= 15 is 0 Å². The first kappa shape index (κ1) is 10.4. The highest BCUT2D eigenvalue weighted by atomic mass is 15.1. The van der Waals surface area contributed by atoms with E-state index in [-0.39, 0.29) is 0 Å². The van der Waals surface area contributed by atoms with Crippen molar-refractivity contribution in [2.45, 2.75) is 6.54 Å². The Bertz CT molecular complexity index is 443. The molecule has 2 rings (SSSR count). The van der Waals surface area contributed by atoms with Crippen molar-refractivity contribution in [1.82, 2.24) is 15.2 Å². The van der Waals surface area contributed by atoms with Gasteiger partial charge < -0.3 is 10.6 Å². The number of hydrogen-bond acceptors (Lipinski definition) is 5. The highest BCUT2D eigenvalue weighted by Gasteiger charge is 1.96. The first-order valence-corrected chi connectivity index (χ1v) is 5.02. The van der Waals surface area contributed by atoms with Gasteiger partial charge in [0.25, 0.3) is 0 Å². The van der Waals surface area contributed by atoms with Crippen LogP contribution in [0.4, 0.5) is 11.4 Å². The molecule has 5 heteroatoms. The molecule has 0 aliphatic heterocycles. The summed E-state index contributed by atoms with van der Waals surface area (Å²) in [6, 6.07) is 5.78. The van der Waals surface area contributed by atoms with Gasteiger partial charge in [-0.05, 0) is 18.2 Å².